The number of hydrogen-bond acceptors (Lipinski definition) is 6. The van der Waals surface area contributed by atoms with E-state index in [0.717, 1.165) is 15.9 Å². The quantitative estimate of drug-likeness (QED) is 0.793. The molecule has 0 aliphatic carbocycles. The Bertz CT molecular complexity index is 310. The first-order valence-corrected chi connectivity index (χ1v) is 7.12. The van der Waals surface area contributed by atoms with Crippen LogP contribution in [0, 0.1) is 0 Å². The van der Waals surface area contributed by atoms with Crippen LogP contribution in [0.2, 0.25) is 0 Å². The lowest BCUT2D eigenvalue weighted by molar-refractivity contribution is 0.541. The van der Waals surface area contributed by atoms with Gasteiger partial charge in [0.2, 0.25) is 5.13 Å². The molecule has 6 heteroatoms. The molecule has 1 aromatic heterocycles. The highest BCUT2D eigenvalue weighted by Gasteiger charge is 2.17. The van der Waals surface area contributed by atoms with Gasteiger partial charge in [0.1, 0.15) is 0 Å². The Labute approximate surface area is 106 Å². The molecule has 1 rings (SSSR count). The topological polar surface area (TPSA) is 41.1 Å². The Kier molecular flexibility index (Phi) is 5.51. The first kappa shape index (κ1) is 13.7. The molecule has 0 fully saturated rings. The summed E-state index contributed by atoms with van der Waals surface area (Å²) in [6, 6.07) is 0.525. The van der Waals surface area contributed by atoms with Crippen LogP contribution in [0.3, 0.4) is 0 Å². The van der Waals surface area contributed by atoms with Crippen molar-refractivity contribution in [2.24, 2.45) is 0 Å². The van der Waals surface area contributed by atoms with E-state index < -0.39 is 0 Å². The van der Waals surface area contributed by atoms with E-state index in [9.17, 15) is 0 Å². The van der Waals surface area contributed by atoms with Gasteiger partial charge in [0, 0.05) is 25.4 Å². The lowest BCUT2D eigenvalue weighted by Gasteiger charge is -2.20. The molecule has 0 saturated carbocycles. The summed E-state index contributed by atoms with van der Waals surface area (Å²) in [5.41, 5.74) is 0. The van der Waals surface area contributed by atoms with Crippen LogP contribution < -0.4 is 10.2 Å². The standard InChI is InChI=1S/C10H20N4S2/c1-6-8(11-3)7(2)15-10-13-12-9(16-10)14(4)5/h7-8,11H,6H2,1-5H3. The first-order valence-electron chi connectivity index (χ1n) is 5.43. The van der Waals surface area contributed by atoms with E-state index in [-0.39, 0.29) is 0 Å². The maximum atomic E-state index is 4.19. The molecule has 0 aliphatic heterocycles. The van der Waals surface area contributed by atoms with E-state index in [1.807, 2.05) is 26.0 Å². The van der Waals surface area contributed by atoms with E-state index in [0.29, 0.717) is 11.3 Å². The largest absolute Gasteiger partial charge is 0.353 e. The van der Waals surface area contributed by atoms with Gasteiger partial charge in [-0.15, -0.1) is 10.2 Å². The number of anilines is 1. The van der Waals surface area contributed by atoms with Crippen molar-refractivity contribution in [1.82, 2.24) is 15.5 Å². The predicted octanol–water partition coefficient (Wildman–Crippen LogP) is 2.08. The molecule has 4 nitrogen and oxygen atoms in total. The molecule has 2 atom stereocenters. The highest BCUT2D eigenvalue weighted by Crippen LogP contribution is 2.31. The third-order valence-electron chi connectivity index (χ3n) is 2.44. The molecular formula is C10H20N4S2. The van der Waals surface area contributed by atoms with E-state index in [2.05, 4.69) is 29.4 Å². The number of nitrogens with zero attached hydrogens (tertiary/aromatic N) is 3. The lowest BCUT2D eigenvalue weighted by Crippen LogP contribution is -2.33. The second kappa shape index (κ2) is 6.42. The maximum Gasteiger partial charge on any atom is 0.208 e. The van der Waals surface area contributed by atoms with E-state index in [4.69, 9.17) is 0 Å². The van der Waals surface area contributed by atoms with Gasteiger partial charge in [-0.2, -0.15) is 0 Å². The molecule has 0 aliphatic rings. The Morgan fingerprint density at radius 1 is 1.44 bits per heavy atom. The van der Waals surface area contributed by atoms with Gasteiger partial charge in [-0.1, -0.05) is 36.9 Å². The fourth-order valence-electron chi connectivity index (χ4n) is 1.44. The smallest absolute Gasteiger partial charge is 0.208 e. The zero-order chi connectivity index (χ0) is 12.1. The fourth-order valence-corrected chi connectivity index (χ4v) is 3.72. The second-order valence-corrected chi connectivity index (χ2v) is 6.45. The SMILES string of the molecule is CCC(NC)C(C)Sc1nnc(N(C)C)s1. The summed E-state index contributed by atoms with van der Waals surface area (Å²) in [5, 5.41) is 13.1. The molecule has 16 heavy (non-hydrogen) atoms. The highest BCUT2D eigenvalue weighted by atomic mass is 32.2. The van der Waals surface area contributed by atoms with Crippen molar-refractivity contribution in [3.63, 3.8) is 0 Å². The van der Waals surface area contributed by atoms with Crippen molar-refractivity contribution in [2.45, 2.75) is 35.9 Å². The zero-order valence-electron chi connectivity index (χ0n) is 10.5. The summed E-state index contributed by atoms with van der Waals surface area (Å²) < 4.78 is 1.05. The Morgan fingerprint density at radius 3 is 2.56 bits per heavy atom. The maximum absolute atomic E-state index is 4.19. The summed E-state index contributed by atoms with van der Waals surface area (Å²) in [7, 11) is 5.98. The van der Waals surface area contributed by atoms with Gasteiger partial charge in [-0.25, -0.2) is 0 Å². The molecule has 0 radical (unpaired) electrons. The van der Waals surface area contributed by atoms with Crippen LogP contribution in [0.1, 0.15) is 20.3 Å². The third-order valence-corrected chi connectivity index (χ3v) is 4.85. The minimum absolute atomic E-state index is 0.512. The van der Waals surface area contributed by atoms with Crippen molar-refractivity contribution in [3.05, 3.63) is 0 Å². The van der Waals surface area contributed by atoms with Crippen molar-refractivity contribution in [1.29, 1.82) is 0 Å². The summed E-state index contributed by atoms with van der Waals surface area (Å²) in [5.74, 6) is 0. The molecule has 0 aromatic carbocycles. The minimum Gasteiger partial charge on any atom is -0.353 e. The normalized spacial score (nSPS) is 14.8. The van der Waals surface area contributed by atoms with Crippen LogP contribution in [-0.2, 0) is 0 Å². The predicted molar refractivity (Wildman–Crippen MR) is 72.7 cm³/mol. The summed E-state index contributed by atoms with van der Waals surface area (Å²) in [6.45, 7) is 4.43. The van der Waals surface area contributed by atoms with Crippen LogP contribution in [0.25, 0.3) is 0 Å². The van der Waals surface area contributed by atoms with E-state index >= 15 is 0 Å². The average molecular weight is 260 g/mol. The molecule has 0 amide bonds. The van der Waals surface area contributed by atoms with Gasteiger partial charge in [0.25, 0.3) is 0 Å². The van der Waals surface area contributed by atoms with Crippen molar-refractivity contribution in [2.75, 3.05) is 26.0 Å². The van der Waals surface area contributed by atoms with Crippen LogP contribution in [-0.4, -0.2) is 42.6 Å². The van der Waals surface area contributed by atoms with Crippen molar-refractivity contribution in [3.8, 4) is 0 Å². The highest BCUT2D eigenvalue weighted by molar-refractivity contribution is 8.01. The minimum atomic E-state index is 0.512. The monoisotopic (exact) mass is 260 g/mol. The molecule has 1 heterocycles. The first-order chi connectivity index (χ1) is 7.58. The number of aromatic nitrogens is 2. The van der Waals surface area contributed by atoms with Crippen LogP contribution in [0.5, 0.6) is 0 Å². The molecule has 92 valence electrons. The van der Waals surface area contributed by atoms with Crippen LogP contribution in [0.4, 0.5) is 5.13 Å². The van der Waals surface area contributed by atoms with Gasteiger partial charge in [0.15, 0.2) is 4.34 Å². The lowest BCUT2D eigenvalue weighted by atomic mass is 10.2. The van der Waals surface area contributed by atoms with Crippen molar-refractivity contribution < 1.29 is 0 Å². The summed E-state index contributed by atoms with van der Waals surface area (Å²) >= 11 is 3.44. The van der Waals surface area contributed by atoms with Gasteiger partial charge in [-0.3, -0.25) is 0 Å². The molecule has 2 unspecified atom stereocenters. The fraction of sp³-hybridized carbons (Fsp3) is 0.800. The average Bonchev–Trinajstić information content (AvgIpc) is 2.68. The van der Waals surface area contributed by atoms with E-state index in [1.165, 1.54) is 0 Å². The molecule has 0 spiro atoms. The van der Waals surface area contributed by atoms with E-state index in [1.54, 1.807) is 23.1 Å². The third kappa shape index (κ3) is 3.61. The van der Waals surface area contributed by atoms with Gasteiger partial charge in [-0.05, 0) is 13.5 Å². The Morgan fingerprint density at radius 2 is 2.12 bits per heavy atom. The molecule has 1 aromatic rings. The number of rotatable bonds is 6. The number of nitrogens with one attached hydrogen (secondary N) is 1. The molecule has 0 saturated heterocycles. The molecular weight excluding hydrogens is 240 g/mol. The Balaban J connectivity index is 2.58. The Hall–Kier alpha value is -0.330. The van der Waals surface area contributed by atoms with Crippen molar-refractivity contribution >= 4 is 28.2 Å². The zero-order valence-corrected chi connectivity index (χ0v) is 12.2. The van der Waals surface area contributed by atoms with Crippen LogP contribution in [0.15, 0.2) is 4.34 Å². The number of hydrogen-bond donors (Lipinski definition) is 1. The van der Waals surface area contributed by atoms with Gasteiger partial charge in [0.05, 0.1) is 0 Å². The van der Waals surface area contributed by atoms with Crippen LogP contribution >= 0.6 is 23.1 Å². The summed E-state index contributed by atoms with van der Waals surface area (Å²) in [6.07, 6.45) is 1.13. The van der Waals surface area contributed by atoms with Gasteiger partial charge >= 0.3 is 0 Å². The molecule has 0 bridgehead atoms. The molecule has 1 N–H and O–H groups in total. The summed E-state index contributed by atoms with van der Waals surface area (Å²) in [4.78, 5) is 1.99. The van der Waals surface area contributed by atoms with Gasteiger partial charge < -0.3 is 10.2 Å². The number of thioether (sulfide) groups is 1. The second-order valence-electron chi connectivity index (χ2n) is 3.87.